The Hall–Kier alpha value is -9.88. The zero-order chi connectivity index (χ0) is 56.8. The average Bonchev–Trinajstić information content (AvgIpc) is 3.53. The van der Waals surface area contributed by atoms with Crippen LogP contribution in [-0.4, -0.2) is 0 Å². The molecular weight excluding hydrogens is 913 g/mol. The van der Waals surface area contributed by atoms with Crippen LogP contribution in [0.5, 0.6) is 0 Å². The molecule has 0 N–H and O–H groups in total. The Morgan fingerprint density at radius 2 is 0.211 bits per heavy atom. The van der Waals surface area contributed by atoms with Crippen LogP contribution in [0.3, 0.4) is 0 Å². The van der Waals surface area contributed by atoms with E-state index in [1.807, 2.05) is 291 Å². The Kier molecular flexibility index (Phi) is 53.4. The zero-order valence-corrected chi connectivity index (χ0v) is 45.1. The second-order valence-electron chi connectivity index (χ2n) is 14.3. The highest BCUT2D eigenvalue weighted by molar-refractivity contribution is 5.50. The standard InChI is InChI=1S/8C8H8.3C4H6/c8*1-2-8-6-4-3-5-7-8;3*1-3-4-2/h8*2-7H,1H2;3*3-4H,1-2H2. The topological polar surface area (TPSA) is 0 Å². The third-order valence-corrected chi connectivity index (χ3v) is 8.78. The van der Waals surface area contributed by atoms with E-state index in [-0.39, 0.29) is 0 Å². The van der Waals surface area contributed by atoms with Gasteiger partial charge in [0.1, 0.15) is 0 Å². The second kappa shape index (κ2) is 57.7. The fourth-order valence-electron chi connectivity index (χ4n) is 4.71. The lowest BCUT2D eigenvalue weighted by Gasteiger charge is -1.85. The van der Waals surface area contributed by atoms with E-state index in [2.05, 4.69) is 92.1 Å². The van der Waals surface area contributed by atoms with Gasteiger partial charge in [0.05, 0.1) is 0 Å². The maximum atomic E-state index is 3.63. The summed E-state index contributed by atoms with van der Waals surface area (Å²) in [6.07, 6.45) is 24.5. The quantitative estimate of drug-likeness (QED) is 0.113. The third kappa shape index (κ3) is 47.8. The SMILES string of the molecule is C=CC=C.C=CC=C.C=CC=C.C=Cc1ccccc1.C=Cc1ccccc1.C=Cc1ccccc1.C=Cc1ccccc1.C=Cc1ccccc1.C=Cc1ccccc1.C=Cc1ccccc1.C=Cc1ccccc1. The smallest absolute Gasteiger partial charge is 0.0263 e. The van der Waals surface area contributed by atoms with Gasteiger partial charge in [0, 0.05) is 0 Å². The van der Waals surface area contributed by atoms with Gasteiger partial charge in [-0.25, -0.2) is 0 Å². The number of rotatable bonds is 11. The van der Waals surface area contributed by atoms with E-state index in [1.165, 1.54) is 44.5 Å². The second-order valence-corrected chi connectivity index (χ2v) is 14.3. The third-order valence-electron chi connectivity index (χ3n) is 8.78. The molecule has 0 heteroatoms. The predicted octanol–water partition coefficient (Wildman–Crippen LogP) is 22.7. The van der Waals surface area contributed by atoms with Gasteiger partial charge in [-0.1, -0.05) is 420 Å². The number of benzene rings is 8. The van der Waals surface area contributed by atoms with E-state index in [1.54, 1.807) is 36.5 Å². The molecule has 0 saturated carbocycles. The highest BCUT2D eigenvalue weighted by Gasteiger charge is 1.80. The summed E-state index contributed by atoms with van der Waals surface area (Å²) in [5.41, 5.74) is 9.39. The molecule has 0 nitrogen and oxygen atoms in total. The van der Waals surface area contributed by atoms with Crippen LogP contribution >= 0.6 is 0 Å². The van der Waals surface area contributed by atoms with Gasteiger partial charge in [0.2, 0.25) is 0 Å². The highest BCUT2D eigenvalue weighted by Crippen LogP contribution is 2.02. The highest BCUT2D eigenvalue weighted by atomic mass is 13.9. The van der Waals surface area contributed by atoms with E-state index in [0.717, 1.165) is 0 Å². The van der Waals surface area contributed by atoms with Crippen molar-refractivity contribution in [3.63, 3.8) is 0 Å². The van der Waals surface area contributed by atoms with Crippen molar-refractivity contribution in [2.24, 2.45) is 0 Å². The monoisotopic (exact) mass is 995 g/mol. The zero-order valence-electron chi connectivity index (χ0n) is 45.1. The summed E-state index contributed by atoms with van der Waals surface area (Å²) in [7, 11) is 0. The van der Waals surface area contributed by atoms with Gasteiger partial charge in [-0.3, -0.25) is 0 Å². The Balaban J connectivity index is -0.000000778. The summed E-state index contributed by atoms with van der Waals surface area (Å²) in [5.74, 6) is 0. The van der Waals surface area contributed by atoms with Crippen molar-refractivity contribution in [3.05, 3.63) is 416 Å². The van der Waals surface area contributed by atoms with Crippen LogP contribution in [0.1, 0.15) is 44.5 Å². The fraction of sp³-hybridized carbons (Fsp3) is 0. The molecule has 0 unspecified atom stereocenters. The molecule has 8 aromatic carbocycles. The van der Waals surface area contributed by atoms with Crippen molar-refractivity contribution in [1.29, 1.82) is 0 Å². The molecule has 0 aromatic heterocycles. The molecule has 0 aliphatic heterocycles. The van der Waals surface area contributed by atoms with E-state index in [9.17, 15) is 0 Å². The molecule has 386 valence electrons. The van der Waals surface area contributed by atoms with Crippen LogP contribution in [0.4, 0.5) is 0 Å². The van der Waals surface area contributed by atoms with Crippen molar-refractivity contribution in [3.8, 4) is 0 Å². The van der Waals surface area contributed by atoms with Gasteiger partial charge in [0.25, 0.3) is 0 Å². The summed E-state index contributed by atoms with van der Waals surface area (Å²) in [5, 5.41) is 0. The van der Waals surface area contributed by atoms with Crippen LogP contribution in [0.25, 0.3) is 48.6 Å². The molecule has 0 aliphatic carbocycles. The summed E-state index contributed by atoms with van der Waals surface area (Å²) < 4.78 is 0. The number of hydrogen-bond donors (Lipinski definition) is 0. The largest absolute Gasteiger partial charge is 0.0991 e. The van der Waals surface area contributed by atoms with Crippen molar-refractivity contribution in [2.75, 3.05) is 0 Å². The molecule has 0 radical (unpaired) electrons. The summed E-state index contributed by atoms with van der Waals surface area (Å²) in [6, 6.07) is 80.2. The maximum Gasteiger partial charge on any atom is -0.0263 e. The van der Waals surface area contributed by atoms with Crippen LogP contribution in [-0.2, 0) is 0 Å². The molecule has 0 atom stereocenters. The van der Waals surface area contributed by atoms with Gasteiger partial charge in [-0.2, -0.15) is 0 Å². The Bertz CT molecular complexity index is 2090. The van der Waals surface area contributed by atoms with Crippen LogP contribution in [0.2, 0.25) is 0 Å². The Morgan fingerprint density at radius 1 is 0.132 bits per heavy atom. The van der Waals surface area contributed by atoms with Crippen molar-refractivity contribution in [2.45, 2.75) is 0 Å². The van der Waals surface area contributed by atoms with Crippen molar-refractivity contribution >= 4 is 48.6 Å². The van der Waals surface area contributed by atoms with Gasteiger partial charge < -0.3 is 0 Å². The van der Waals surface area contributed by atoms with Crippen LogP contribution < -0.4 is 0 Å². The molecule has 8 rings (SSSR count). The molecule has 0 bridgehead atoms. The van der Waals surface area contributed by atoms with E-state index in [4.69, 9.17) is 0 Å². The first-order valence-electron chi connectivity index (χ1n) is 24.3. The van der Waals surface area contributed by atoms with Gasteiger partial charge in [0.15, 0.2) is 0 Å². The van der Waals surface area contributed by atoms with E-state index < -0.39 is 0 Å². The molecule has 0 aliphatic rings. The summed E-state index contributed by atoms with van der Waals surface area (Å²) in [4.78, 5) is 0. The van der Waals surface area contributed by atoms with Crippen molar-refractivity contribution < 1.29 is 0 Å². The van der Waals surface area contributed by atoms with Crippen LogP contribution in [0.15, 0.2) is 371 Å². The molecule has 8 aromatic rings. The first-order chi connectivity index (χ1) is 37.2. The van der Waals surface area contributed by atoms with Gasteiger partial charge in [-0.15, -0.1) is 0 Å². The van der Waals surface area contributed by atoms with Crippen molar-refractivity contribution in [1.82, 2.24) is 0 Å². The number of hydrogen-bond acceptors (Lipinski definition) is 0. The van der Waals surface area contributed by atoms with Gasteiger partial charge in [-0.05, 0) is 44.5 Å². The molecule has 0 saturated heterocycles. The fourth-order valence-corrected chi connectivity index (χ4v) is 4.71. The van der Waals surface area contributed by atoms with E-state index in [0.29, 0.717) is 0 Å². The minimum absolute atomic E-state index is 1.17. The minimum Gasteiger partial charge on any atom is -0.0991 e. The lowest BCUT2D eigenvalue weighted by Crippen LogP contribution is -1.63. The first-order valence-corrected chi connectivity index (χ1v) is 24.3. The molecule has 0 spiro atoms. The number of allylic oxidation sites excluding steroid dienone is 6. The normalized spacial score (nSPS) is 7.95. The Labute approximate surface area is 461 Å². The molecule has 0 fully saturated rings. The van der Waals surface area contributed by atoms with Crippen LogP contribution in [0, 0.1) is 0 Å². The lowest BCUT2D eigenvalue weighted by atomic mass is 10.2. The molecular formula is C76H82. The summed E-state index contributed by atoms with van der Waals surface area (Å²) in [6.45, 7) is 49.2. The maximum absolute atomic E-state index is 3.63. The molecule has 0 heterocycles. The molecule has 76 heavy (non-hydrogen) atoms. The van der Waals surface area contributed by atoms with E-state index >= 15 is 0 Å². The first kappa shape index (κ1) is 70.4. The minimum atomic E-state index is 1.17. The average molecular weight is 995 g/mol. The van der Waals surface area contributed by atoms with Gasteiger partial charge >= 0.3 is 0 Å². The Morgan fingerprint density at radius 3 is 0.250 bits per heavy atom. The lowest BCUT2D eigenvalue weighted by molar-refractivity contribution is 1.67. The predicted molar refractivity (Wildman–Crippen MR) is 353 cm³/mol. The summed E-state index contributed by atoms with van der Waals surface area (Å²) >= 11 is 0. The molecule has 0 amide bonds.